The number of fused-ring (bicyclic) bond motifs is 1. The van der Waals surface area contributed by atoms with Crippen LogP contribution in [0.5, 0.6) is 0 Å². The molecule has 1 fully saturated rings. The van der Waals surface area contributed by atoms with Crippen molar-refractivity contribution in [1.82, 2.24) is 4.90 Å². The van der Waals surface area contributed by atoms with Gasteiger partial charge in [0.05, 0.1) is 12.1 Å². The van der Waals surface area contributed by atoms with Crippen LogP contribution in [-0.4, -0.2) is 11.4 Å². The van der Waals surface area contributed by atoms with Crippen molar-refractivity contribution in [3.05, 3.63) is 23.0 Å². The molecule has 0 bridgehead atoms. The van der Waals surface area contributed by atoms with Crippen LogP contribution in [-0.2, 0) is 0 Å². The molecule has 0 aromatic rings. The molecular formula is C11H11N3. The van der Waals surface area contributed by atoms with Crippen molar-refractivity contribution in [3.63, 3.8) is 0 Å². The fraction of sp³-hybridized carbons (Fsp3) is 0.455. The van der Waals surface area contributed by atoms with Crippen molar-refractivity contribution in [2.75, 3.05) is 6.54 Å². The minimum absolute atomic E-state index is 0.708. The molecule has 14 heavy (non-hydrogen) atoms. The van der Waals surface area contributed by atoms with Gasteiger partial charge in [0.2, 0.25) is 0 Å². The molecule has 0 amide bonds. The zero-order valence-electron chi connectivity index (χ0n) is 7.95. The Bertz CT molecular complexity index is 390. The molecule has 0 radical (unpaired) electrons. The number of allylic oxidation sites excluding steroid dienone is 3. The summed E-state index contributed by atoms with van der Waals surface area (Å²) in [6.07, 6.45) is 5.42. The molecule has 3 nitrogen and oxygen atoms in total. The van der Waals surface area contributed by atoms with E-state index in [1.54, 1.807) is 0 Å². The van der Waals surface area contributed by atoms with Crippen LogP contribution >= 0.6 is 0 Å². The van der Waals surface area contributed by atoms with Crippen LogP contribution in [0.2, 0.25) is 0 Å². The summed E-state index contributed by atoms with van der Waals surface area (Å²) in [7, 11) is 0. The highest BCUT2D eigenvalue weighted by Gasteiger charge is 2.22. The van der Waals surface area contributed by atoms with Gasteiger partial charge in [-0.3, -0.25) is 0 Å². The first kappa shape index (κ1) is 8.84. The second kappa shape index (κ2) is 3.55. The normalized spacial score (nSPS) is 20.7. The Morgan fingerprint density at radius 2 is 2.00 bits per heavy atom. The molecule has 70 valence electrons. The number of nitrogens with zero attached hydrogens (tertiary/aromatic N) is 3. The topological polar surface area (TPSA) is 50.8 Å². The molecule has 2 aliphatic rings. The molecule has 0 N–H and O–H groups in total. The maximum atomic E-state index is 8.98. The molecule has 2 aliphatic heterocycles. The van der Waals surface area contributed by atoms with Gasteiger partial charge in [0.25, 0.3) is 0 Å². The summed E-state index contributed by atoms with van der Waals surface area (Å²) in [5, 5.41) is 17.8. The van der Waals surface area contributed by atoms with Gasteiger partial charge in [-0.2, -0.15) is 10.5 Å². The summed E-state index contributed by atoms with van der Waals surface area (Å²) in [6, 6.07) is 4.44. The lowest BCUT2D eigenvalue weighted by molar-refractivity contribution is 0.530. The van der Waals surface area contributed by atoms with Crippen molar-refractivity contribution in [3.8, 4) is 12.1 Å². The lowest BCUT2D eigenvalue weighted by Crippen LogP contribution is -2.10. The highest BCUT2D eigenvalue weighted by Crippen LogP contribution is 2.30. The fourth-order valence-electron chi connectivity index (χ4n) is 2.02. The molecule has 1 saturated heterocycles. The van der Waals surface area contributed by atoms with E-state index >= 15 is 0 Å². The van der Waals surface area contributed by atoms with E-state index in [1.165, 1.54) is 0 Å². The minimum Gasteiger partial charge on any atom is -0.349 e. The predicted octanol–water partition coefficient (Wildman–Crippen LogP) is 2.06. The van der Waals surface area contributed by atoms with Gasteiger partial charge in [-0.1, -0.05) is 0 Å². The Morgan fingerprint density at radius 3 is 2.71 bits per heavy atom. The first-order chi connectivity index (χ1) is 6.85. The third-order valence-electron chi connectivity index (χ3n) is 2.74. The quantitative estimate of drug-likeness (QED) is 0.580. The predicted molar refractivity (Wildman–Crippen MR) is 51.5 cm³/mol. The molecule has 0 unspecified atom stereocenters. The maximum absolute atomic E-state index is 8.98. The van der Waals surface area contributed by atoms with Gasteiger partial charge in [-0.15, -0.1) is 0 Å². The average Bonchev–Trinajstić information content (AvgIpc) is 2.59. The van der Waals surface area contributed by atoms with Gasteiger partial charge in [-0.05, 0) is 25.7 Å². The molecule has 0 saturated carbocycles. The largest absolute Gasteiger partial charge is 0.349 e. The van der Waals surface area contributed by atoms with Gasteiger partial charge < -0.3 is 4.90 Å². The molecule has 0 aromatic heterocycles. The Labute approximate surface area is 83.5 Å². The first-order valence-corrected chi connectivity index (χ1v) is 4.84. The lowest BCUT2D eigenvalue weighted by Gasteiger charge is -2.13. The summed E-state index contributed by atoms with van der Waals surface area (Å²) in [5.74, 6) is 0. The van der Waals surface area contributed by atoms with Crippen LogP contribution < -0.4 is 0 Å². The van der Waals surface area contributed by atoms with E-state index in [2.05, 4.69) is 17.0 Å². The third kappa shape index (κ3) is 1.38. The highest BCUT2D eigenvalue weighted by molar-refractivity contribution is 5.36. The van der Waals surface area contributed by atoms with Crippen molar-refractivity contribution in [2.24, 2.45) is 0 Å². The Morgan fingerprint density at radius 1 is 1.14 bits per heavy atom. The zero-order chi connectivity index (χ0) is 9.97. The molecule has 0 spiro atoms. The number of hydrogen-bond donors (Lipinski definition) is 0. The minimum atomic E-state index is 0.708. The number of rotatable bonds is 0. The van der Waals surface area contributed by atoms with Crippen molar-refractivity contribution in [2.45, 2.75) is 25.7 Å². The second-order valence-electron chi connectivity index (χ2n) is 3.60. The van der Waals surface area contributed by atoms with Crippen molar-refractivity contribution in [1.29, 1.82) is 10.5 Å². The molecule has 0 aliphatic carbocycles. The number of hydrogen-bond acceptors (Lipinski definition) is 3. The Kier molecular flexibility index (Phi) is 2.24. The zero-order valence-corrected chi connectivity index (χ0v) is 7.95. The van der Waals surface area contributed by atoms with Gasteiger partial charge in [0.15, 0.2) is 0 Å². The second-order valence-corrected chi connectivity index (χ2v) is 3.60. The summed E-state index contributed by atoms with van der Waals surface area (Å²) >= 11 is 0. The van der Waals surface area contributed by atoms with E-state index < -0.39 is 0 Å². The van der Waals surface area contributed by atoms with E-state index in [1.807, 2.05) is 6.20 Å². The standard InChI is InChI=1S/C11H11N3/c12-6-9-3-4-10(7-13)11-2-1-5-14(11)8-9/h8H,1-5H2. The summed E-state index contributed by atoms with van der Waals surface area (Å²) in [6.45, 7) is 0.950. The Balaban J connectivity index is 2.37. The van der Waals surface area contributed by atoms with Crippen molar-refractivity contribution >= 4 is 0 Å². The molecule has 2 rings (SSSR count). The van der Waals surface area contributed by atoms with E-state index in [0.29, 0.717) is 6.42 Å². The van der Waals surface area contributed by atoms with Gasteiger partial charge in [-0.25, -0.2) is 0 Å². The average molecular weight is 185 g/mol. The molecule has 3 heteroatoms. The smallest absolute Gasteiger partial charge is 0.0965 e. The maximum Gasteiger partial charge on any atom is 0.0965 e. The summed E-state index contributed by atoms with van der Waals surface area (Å²) in [5.41, 5.74) is 2.79. The van der Waals surface area contributed by atoms with E-state index in [9.17, 15) is 0 Å². The van der Waals surface area contributed by atoms with E-state index in [-0.39, 0.29) is 0 Å². The van der Waals surface area contributed by atoms with Crippen LogP contribution in [0.3, 0.4) is 0 Å². The van der Waals surface area contributed by atoms with Crippen LogP contribution in [0.1, 0.15) is 25.7 Å². The van der Waals surface area contributed by atoms with Gasteiger partial charge >= 0.3 is 0 Å². The van der Waals surface area contributed by atoms with Crippen LogP contribution in [0.25, 0.3) is 0 Å². The number of nitriles is 2. The SMILES string of the molecule is N#CC1=CN2CCCC2=C(C#N)CC1. The third-order valence-corrected chi connectivity index (χ3v) is 2.74. The van der Waals surface area contributed by atoms with Crippen LogP contribution in [0.15, 0.2) is 23.0 Å². The molecule has 2 heterocycles. The highest BCUT2D eigenvalue weighted by atomic mass is 15.1. The van der Waals surface area contributed by atoms with Gasteiger partial charge in [0.1, 0.15) is 0 Å². The van der Waals surface area contributed by atoms with Gasteiger partial charge in [0, 0.05) is 29.6 Å². The van der Waals surface area contributed by atoms with Crippen LogP contribution in [0, 0.1) is 22.7 Å². The molecular weight excluding hydrogens is 174 g/mol. The lowest BCUT2D eigenvalue weighted by atomic mass is 10.1. The monoisotopic (exact) mass is 185 g/mol. The first-order valence-electron chi connectivity index (χ1n) is 4.84. The van der Waals surface area contributed by atoms with E-state index in [4.69, 9.17) is 10.5 Å². The molecule has 0 aromatic carbocycles. The fourth-order valence-corrected chi connectivity index (χ4v) is 2.02. The van der Waals surface area contributed by atoms with E-state index in [0.717, 1.165) is 42.7 Å². The summed E-state index contributed by atoms with van der Waals surface area (Å²) < 4.78 is 0. The van der Waals surface area contributed by atoms with Crippen molar-refractivity contribution < 1.29 is 0 Å². The Hall–Kier alpha value is -1.74. The van der Waals surface area contributed by atoms with Crippen LogP contribution in [0.4, 0.5) is 0 Å². The summed E-state index contributed by atoms with van der Waals surface area (Å²) in [4.78, 5) is 2.07. The molecule has 0 atom stereocenters.